The average molecular weight is 332 g/mol. The van der Waals surface area contributed by atoms with E-state index in [0.717, 1.165) is 0 Å². The predicted molar refractivity (Wildman–Crippen MR) is 108 cm³/mol. The predicted octanol–water partition coefficient (Wildman–Crippen LogP) is 6.85. The smallest absolute Gasteiger partial charge is 0.00804 e. The van der Waals surface area contributed by atoms with Crippen molar-refractivity contribution in [3.8, 4) is 0 Å². The van der Waals surface area contributed by atoms with Gasteiger partial charge in [0, 0.05) is 0 Å². The van der Waals surface area contributed by atoms with Crippen LogP contribution in [-0.2, 0) is 0 Å². The first-order valence-corrected chi connectivity index (χ1v) is 9.93. The molecule has 0 nitrogen and oxygen atoms in total. The Morgan fingerprint density at radius 3 is 1.04 bits per heavy atom. The summed E-state index contributed by atoms with van der Waals surface area (Å²) in [6, 6.07) is 27.8. The number of rotatable bonds is 0. The van der Waals surface area contributed by atoms with Crippen LogP contribution in [0.4, 0.5) is 0 Å². The van der Waals surface area contributed by atoms with E-state index in [-0.39, 0.29) is 0 Å². The topological polar surface area (TPSA) is 0 Å². The third-order valence-electron chi connectivity index (χ3n) is 7.52. The Labute approximate surface area is 153 Å². The highest BCUT2D eigenvalue weighted by atomic mass is 14.5. The van der Waals surface area contributed by atoms with Crippen LogP contribution in [0, 0.1) is 0 Å². The Bertz CT molecular complexity index is 1030. The van der Waals surface area contributed by atoms with Crippen LogP contribution in [0.3, 0.4) is 0 Å². The van der Waals surface area contributed by atoms with Crippen molar-refractivity contribution in [1.29, 1.82) is 0 Å². The molecule has 3 aliphatic rings. The Balaban J connectivity index is 1.45. The molecule has 26 heavy (non-hydrogen) atoms. The van der Waals surface area contributed by atoms with Crippen molar-refractivity contribution in [2.75, 3.05) is 0 Å². The maximum Gasteiger partial charge on any atom is -0.00804 e. The summed E-state index contributed by atoms with van der Waals surface area (Å²) in [5, 5.41) is 6.00. The minimum absolute atomic E-state index is 0.696. The van der Waals surface area contributed by atoms with Crippen molar-refractivity contribution in [1.82, 2.24) is 0 Å². The van der Waals surface area contributed by atoms with Crippen LogP contribution in [0.5, 0.6) is 0 Å². The molecule has 0 radical (unpaired) electrons. The first-order valence-electron chi connectivity index (χ1n) is 9.93. The van der Waals surface area contributed by atoms with Crippen molar-refractivity contribution >= 4 is 21.5 Å². The van der Waals surface area contributed by atoms with Crippen LogP contribution in [0.1, 0.15) is 58.8 Å². The lowest BCUT2D eigenvalue weighted by molar-refractivity contribution is 0.326. The quantitative estimate of drug-likeness (QED) is 0.330. The van der Waals surface area contributed by atoms with E-state index in [1.165, 1.54) is 23.6 Å². The molecule has 0 N–H and O–H groups in total. The van der Waals surface area contributed by atoms with E-state index in [0.29, 0.717) is 23.7 Å². The fourth-order valence-electron chi connectivity index (χ4n) is 6.61. The highest BCUT2D eigenvalue weighted by molar-refractivity contribution is 5.94. The molecule has 0 aromatic heterocycles. The first kappa shape index (κ1) is 13.6. The summed E-state index contributed by atoms with van der Waals surface area (Å²) >= 11 is 0. The standard InChI is InChI=1S/C26H20/c1-5-15-6-2-10-18-22-14-24-20-12-4-8-16-7-3-11-19(26(16)20)23(24)13-21(22)17(9-1)25(15)18/h1-12,21-24H,13-14H2/t21-,22-,23+,24+. The van der Waals surface area contributed by atoms with Crippen LogP contribution >= 0.6 is 0 Å². The van der Waals surface area contributed by atoms with Crippen LogP contribution < -0.4 is 0 Å². The summed E-state index contributed by atoms with van der Waals surface area (Å²) in [4.78, 5) is 0. The second-order valence-corrected chi connectivity index (χ2v) is 8.48. The molecule has 4 atom stereocenters. The van der Waals surface area contributed by atoms with Crippen LogP contribution in [0.15, 0.2) is 72.8 Å². The lowest BCUT2D eigenvalue weighted by atomic mass is 9.66. The minimum Gasteiger partial charge on any atom is -0.0613 e. The molecule has 0 aliphatic heterocycles. The average Bonchev–Trinajstić information content (AvgIpc) is 3.18. The molecule has 0 heteroatoms. The number of hydrogen-bond donors (Lipinski definition) is 0. The third-order valence-corrected chi connectivity index (χ3v) is 7.52. The highest BCUT2D eigenvalue weighted by Gasteiger charge is 2.46. The zero-order chi connectivity index (χ0) is 16.8. The molecule has 1 fully saturated rings. The summed E-state index contributed by atoms with van der Waals surface area (Å²) in [5.41, 5.74) is 6.46. The molecule has 0 bridgehead atoms. The molecular formula is C26H20. The second kappa shape index (κ2) is 4.57. The normalized spacial score (nSPS) is 27.7. The molecule has 124 valence electrons. The SMILES string of the molecule is c1cc2c3c(cccc3c1)[C@H]1C[C@H]3c4cccc5cccc(c45)[C@@H]3C[C@H]21. The van der Waals surface area contributed by atoms with E-state index in [1.807, 2.05) is 0 Å². The lowest BCUT2D eigenvalue weighted by Gasteiger charge is -2.37. The van der Waals surface area contributed by atoms with Crippen molar-refractivity contribution in [2.24, 2.45) is 0 Å². The molecule has 0 spiro atoms. The zero-order valence-corrected chi connectivity index (χ0v) is 14.7. The van der Waals surface area contributed by atoms with Crippen LogP contribution in [-0.4, -0.2) is 0 Å². The summed E-state index contributed by atoms with van der Waals surface area (Å²) in [6.45, 7) is 0. The summed E-state index contributed by atoms with van der Waals surface area (Å²) in [7, 11) is 0. The number of benzene rings is 4. The molecule has 1 saturated carbocycles. The molecule has 4 aromatic rings. The molecule has 0 heterocycles. The molecule has 7 rings (SSSR count). The van der Waals surface area contributed by atoms with Gasteiger partial charge in [-0.15, -0.1) is 0 Å². The number of hydrogen-bond acceptors (Lipinski definition) is 0. The highest BCUT2D eigenvalue weighted by Crippen LogP contribution is 2.63. The maximum absolute atomic E-state index is 2.40. The molecular weight excluding hydrogens is 312 g/mol. The van der Waals surface area contributed by atoms with Gasteiger partial charge in [-0.05, 0) is 80.3 Å². The largest absolute Gasteiger partial charge is 0.0613 e. The van der Waals surface area contributed by atoms with Gasteiger partial charge in [0.25, 0.3) is 0 Å². The lowest BCUT2D eigenvalue weighted by Crippen LogP contribution is -2.22. The molecule has 0 saturated heterocycles. The maximum atomic E-state index is 2.40. The van der Waals surface area contributed by atoms with Gasteiger partial charge < -0.3 is 0 Å². The van der Waals surface area contributed by atoms with Gasteiger partial charge in [0.2, 0.25) is 0 Å². The second-order valence-electron chi connectivity index (χ2n) is 8.48. The monoisotopic (exact) mass is 332 g/mol. The van der Waals surface area contributed by atoms with E-state index in [1.54, 1.807) is 33.0 Å². The van der Waals surface area contributed by atoms with E-state index < -0.39 is 0 Å². The van der Waals surface area contributed by atoms with Crippen molar-refractivity contribution in [3.63, 3.8) is 0 Å². The van der Waals surface area contributed by atoms with Crippen LogP contribution in [0.2, 0.25) is 0 Å². The van der Waals surface area contributed by atoms with Crippen molar-refractivity contribution in [2.45, 2.75) is 36.5 Å². The zero-order valence-electron chi connectivity index (χ0n) is 14.7. The van der Waals surface area contributed by atoms with E-state index in [9.17, 15) is 0 Å². The van der Waals surface area contributed by atoms with Gasteiger partial charge in [-0.3, -0.25) is 0 Å². The third kappa shape index (κ3) is 1.49. The minimum atomic E-state index is 0.696. The van der Waals surface area contributed by atoms with E-state index in [4.69, 9.17) is 0 Å². The summed E-state index contributed by atoms with van der Waals surface area (Å²) < 4.78 is 0. The van der Waals surface area contributed by atoms with Gasteiger partial charge in [-0.1, -0.05) is 72.8 Å². The Morgan fingerprint density at radius 2 is 0.731 bits per heavy atom. The van der Waals surface area contributed by atoms with Gasteiger partial charge in [0.05, 0.1) is 0 Å². The summed E-state index contributed by atoms with van der Waals surface area (Å²) in [5.74, 6) is 2.78. The van der Waals surface area contributed by atoms with Gasteiger partial charge in [-0.2, -0.15) is 0 Å². The Hall–Kier alpha value is -2.60. The van der Waals surface area contributed by atoms with Crippen LogP contribution in [0.25, 0.3) is 21.5 Å². The molecule has 3 aliphatic carbocycles. The van der Waals surface area contributed by atoms with Gasteiger partial charge >= 0.3 is 0 Å². The van der Waals surface area contributed by atoms with Gasteiger partial charge in [0.1, 0.15) is 0 Å². The summed E-state index contributed by atoms with van der Waals surface area (Å²) in [6.07, 6.45) is 2.60. The van der Waals surface area contributed by atoms with E-state index >= 15 is 0 Å². The molecule has 4 aromatic carbocycles. The van der Waals surface area contributed by atoms with Gasteiger partial charge in [0.15, 0.2) is 0 Å². The van der Waals surface area contributed by atoms with Crippen molar-refractivity contribution in [3.05, 3.63) is 95.1 Å². The fraction of sp³-hybridized carbons (Fsp3) is 0.231. The first-order chi connectivity index (χ1) is 12.9. The Kier molecular flexibility index (Phi) is 2.39. The Morgan fingerprint density at radius 1 is 0.423 bits per heavy atom. The van der Waals surface area contributed by atoms with Crippen molar-refractivity contribution < 1.29 is 0 Å². The number of fused-ring (bicyclic) bond motifs is 6. The fourth-order valence-corrected chi connectivity index (χ4v) is 6.61. The van der Waals surface area contributed by atoms with Gasteiger partial charge in [-0.25, -0.2) is 0 Å². The molecule has 0 unspecified atom stereocenters. The van der Waals surface area contributed by atoms with E-state index in [2.05, 4.69) is 72.8 Å². The molecule has 0 amide bonds.